The number of rotatable bonds is 2. The summed E-state index contributed by atoms with van der Waals surface area (Å²) in [5.74, 6) is 0.675. The van der Waals surface area contributed by atoms with E-state index in [4.69, 9.17) is 0 Å². The molecule has 0 atom stereocenters. The summed E-state index contributed by atoms with van der Waals surface area (Å²) in [6.45, 7) is 3.57. The van der Waals surface area contributed by atoms with Crippen molar-refractivity contribution in [3.8, 4) is 0 Å². The summed E-state index contributed by atoms with van der Waals surface area (Å²) >= 11 is 1.48. The molecule has 0 N–H and O–H groups in total. The van der Waals surface area contributed by atoms with Gasteiger partial charge < -0.3 is 4.90 Å². The van der Waals surface area contributed by atoms with Crippen LogP contribution in [0.3, 0.4) is 0 Å². The number of carbonyl (C=O) groups is 1. The van der Waals surface area contributed by atoms with Gasteiger partial charge in [0.25, 0.3) is 5.91 Å². The number of likely N-dealkylation sites (tertiary alicyclic amines) is 1. The van der Waals surface area contributed by atoms with Crippen LogP contribution < -0.4 is 0 Å². The number of carbonyl (C=O) groups excluding carboxylic acids is 1. The van der Waals surface area contributed by atoms with E-state index in [1.807, 2.05) is 24.2 Å². The van der Waals surface area contributed by atoms with Crippen LogP contribution >= 0.6 is 11.3 Å². The topological polar surface area (TPSA) is 46.1 Å². The van der Waals surface area contributed by atoms with E-state index in [0.29, 0.717) is 5.92 Å². The van der Waals surface area contributed by atoms with E-state index in [2.05, 4.69) is 22.1 Å². The molecule has 0 radical (unpaired) electrons. The molecular weight excluding hydrogens is 270 g/mol. The van der Waals surface area contributed by atoms with Crippen molar-refractivity contribution in [3.63, 3.8) is 0 Å². The van der Waals surface area contributed by atoms with Crippen LogP contribution in [0.15, 0.2) is 30.7 Å². The Morgan fingerprint density at radius 1 is 1.30 bits per heavy atom. The first kappa shape index (κ1) is 13.2. The van der Waals surface area contributed by atoms with E-state index >= 15 is 0 Å². The molecular formula is C15H17N3OS. The van der Waals surface area contributed by atoms with Crippen LogP contribution in [0.1, 0.15) is 39.0 Å². The minimum atomic E-state index is 0.128. The van der Waals surface area contributed by atoms with Crippen LogP contribution in [-0.2, 0) is 0 Å². The number of piperidine rings is 1. The SMILES string of the molecule is Cc1ncc(C(=O)N2CCC(c3ccncc3)CC2)s1. The highest BCUT2D eigenvalue weighted by atomic mass is 32.1. The molecule has 5 heteroatoms. The van der Waals surface area contributed by atoms with Crippen molar-refractivity contribution >= 4 is 17.2 Å². The Bertz CT molecular complexity index is 588. The molecule has 2 aromatic rings. The second kappa shape index (κ2) is 5.71. The van der Waals surface area contributed by atoms with Crippen molar-refractivity contribution < 1.29 is 4.79 Å². The number of thiazole rings is 1. The summed E-state index contributed by atoms with van der Waals surface area (Å²) in [5, 5.41) is 0.944. The van der Waals surface area contributed by atoms with Gasteiger partial charge >= 0.3 is 0 Å². The Balaban J connectivity index is 1.63. The van der Waals surface area contributed by atoms with Crippen LogP contribution in [0.2, 0.25) is 0 Å². The van der Waals surface area contributed by atoms with Crippen LogP contribution in [0.25, 0.3) is 0 Å². The van der Waals surface area contributed by atoms with Gasteiger partial charge in [-0.1, -0.05) is 0 Å². The number of nitrogens with zero attached hydrogens (tertiary/aromatic N) is 3. The Hall–Kier alpha value is -1.75. The quantitative estimate of drug-likeness (QED) is 0.853. The van der Waals surface area contributed by atoms with Crippen molar-refractivity contribution in [1.82, 2.24) is 14.9 Å². The highest BCUT2D eigenvalue weighted by Gasteiger charge is 2.25. The number of pyridine rings is 1. The zero-order chi connectivity index (χ0) is 13.9. The fourth-order valence-corrected chi connectivity index (χ4v) is 3.41. The number of aromatic nitrogens is 2. The summed E-state index contributed by atoms with van der Waals surface area (Å²) in [5.41, 5.74) is 1.33. The molecule has 0 aromatic carbocycles. The van der Waals surface area contributed by atoms with Gasteiger partial charge in [0.2, 0.25) is 0 Å². The normalized spacial score (nSPS) is 16.4. The Morgan fingerprint density at radius 2 is 2.00 bits per heavy atom. The molecule has 1 fully saturated rings. The number of amides is 1. The highest BCUT2D eigenvalue weighted by molar-refractivity contribution is 7.13. The van der Waals surface area contributed by atoms with E-state index in [9.17, 15) is 4.79 Å². The molecule has 104 valence electrons. The van der Waals surface area contributed by atoms with Gasteiger partial charge in [0.15, 0.2) is 0 Å². The summed E-state index contributed by atoms with van der Waals surface area (Å²) in [6.07, 6.45) is 7.41. The van der Waals surface area contributed by atoms with Gasteiger partial charge in [0.05, 0.1) is 11.2 Å². The Kier molecular flexibility index (Phi) is 3.78. The molecule has 0 spiro atoms. The van der Waals surface area contributed by atoms with Gasteiger partial charge in [0.1, 0.15) is 4.88 Å². The highest BCUT2D eigenvalue weighted by Crippen LogP contribution is 2.28. The first-order chi connectivity index (χ1) is 9.74. The lowest BCUT2D eigenvalue weighted by atomic mass is 9.90. The molecule has 1 saturated heterocycles. The number of hydrogen-bond donors (Lipinski definition) is 0. The van der Waals surface area contributed by atoms with Gasteiger partial charge in [-0.2, -0.15) is 0 Å². The smallest absolute Gasteiger partial charge is 0.265 e. The van der Waals surface area contributed by atoms with Crippen molar-refractivity contribution in [2.24, 2.45) is 0 Å². The molecule has 1 aliphatic rings. The van der Waals surface area contributed by atoms with Crippen molar-refractivity contribution in [3.05, 3.63) is 46.2 Å². The zero-order valence-electron chi connectivity index (χ0n) is 11.5. The van der Waals surface area contributed by atoms with Gasteiger partial charge in [-0.15, -0.1) is 11.3 Å². The van der Waals surface area contributed by atoms with Crippen molar-refractivity contribution in [2.75, 3.05) is 13.1 Å². The van der Waals surface area contributed by atoms with E-state index in [1.165, 1.54) is 16.9 Å². The van der Waals surface area contributed by atoms with E-state index in [1.54, 1.807) is 6.20 Å². The molecule has 1 amide bonds. The first-order valence-corrected chi connectivity index (χ1v) is 7.67. The lowest BCUT2D eigenvalue weighted by Gasteiger charge is -2.31. The van der Waals surface area contributed by atoms with Gasteiger partial charge in [-0.05, 0) is 43.4 Å². The monoisotopic (exact) mass is 287 g/mol. The largest absolute Gasteiger partial charge is 0.338 e. The predicted molar refractivity (Wildman–Crippen MR) is 79.0 cm³/mol. The first-order valence-electron chi connectivity index (χ1n) is 6.85. The molecule has 0 aliphatic carbocycles. The third-order valence-corrected chi connectivity index (χ3v) is 4.69. The summed E-state index contributed by atoms with van der Waals surface area (Å²) in [4.78, 5) is 23.3. The van der Waals surface area contributed by atoms with Crippen LogP contribution in [-0.4, -0.2) is 33.9 Å². The number of hydrogen-bond acceptors (Lipinski definition) is 4. The van der Waals surface area contributed by atoms with Crippen LogP contribution in [0.5, 0.6) is 0 Å². The lowest BCUT2D eigenvalue weighted by molar-refractivity contribution is 0.0717. The molecule has 0 bridgehead atoms. The summed E-state index contributed by atoms with van der Waals surface area (Å²) in [7, 11) is 0. The van der Waals surface area contributed by atoms with Gasteiger partial charge in [-0.3, -0.25) is 9.78 Å². The predicted octanol–water partition coefficient (Wildman–Crippen LogP) is 2.87. The third-order valence-electron chi connectivity index (χ3n) is 3.79. The molecule has 20 heavy (non-hydrogen) atoms. The maximum atomic E-state index is 12.3. The average molecular weight is 287 g/mol. The molecule has 2 aromatic heterocycles. The van der Waals surface area contributed by atoms with Gasteiger partial charge in [0, 0.05) is 25.5 Å². The van der Waals surface area contributed by atoms with Crippen LogP contribution in [0.4, 0.5) is 0 Å². The maximum Gasteiger partial charge on any atom is 0.265 e. The molecule has 3 heterocycles. The van der Waals surface area contributed by atoms with E-state index < -0.39 is 0 Å². The molecule has 3 rings (SSSR count). The fraction of sp³-hybridized carbons (Fsp3) is 0.400. The van der Waals surface area contributed by atoms with Crippen molar-refractivity contribution in [1.29, 1.82) is 0 Å². The fourth-order valence-electron chi connectivity index (χ4n) is 2.67. The Morgan fingerprint density at radius 3 is 2.60 bits per heavy atom. The minimum Gasteiger partial charge on any atom is -0.338 e. The summed E-state index contributed by atoms with van der Waals surface area (Å²) in [6, 6.07) is 4.16. The molecule has 0 saturated carbocycles. The number of aryl methyl sites for hydroxylation is 1. The molecule has 4 nitrogen and oxygen atoms in total. The van der Waals surface area contributed by atoms with Gasteiger partial charge in [-0.25, -0.2) is 4.98 Å². The van der Waals surface area contributed by atoms with E-state index in [-0.39, 0.29) is 5.91 Å². The average Bonchev–Trinajstić information content (AvgIpc) is 2.94. The van der Waals surface area contributed by atoms with E-state index in [0.717, 1.165) is 35.8 Å². The minimum absolute atomic E-state index is 0.128. The third kappa shape index (κ3) is 2.72. The zero-order valence-corrected chi connectivity index (χ0v) is 12.3. The second-order valence-electron chi connectivity index (χ2n) is 5.09. The Labute approximate surface area is 122 Å². The standard InChI is InChI=1S/C15H17N3OS/c1-11-17-10-14(20-11)15(19)18-8-4-13(5-9-18)12-2-6-16-7-3-12/h2-3,6-7,10,13H,4-5,8-9H2,1H3. The van der Waals surface area contributed by atoms with Crippen molar-refractivity contribution in [2.45, 2.75) is 25.7 Å². The molecule has 0 unspecified atom stereocenters. The molecule has 1 aliphatic heterocycles. The lowest BCUT2D eigenvalue weighted by Crippen LogP contribution is -2.37. The maximum absolute atomic E-state index is 12.3. The second-order valence-corrected chi connectivity index (χ2v) is 6.33. The summed E-state index contributed by atoms with van der Waals surface area (Å²) < 4.78 is 0. The van der Waals surface area contributed by atoms with Crippen LogP contribution in [0, 0.1) is 6.92 Å².